The quantitative estimate of drug-likeness (QED) is 0.854. The van der Waals surface area contributed by atoms with Crippen LogP contribution in [0.15, 0.2) is 18.2 Å². The molecule has 0 amide bonds. The zero-order valence-electron chi connectivity index (χ0n) is 10.2. The topological polar surface area (TPSA) is 12.0 Å². The Labute approximate surface area is 101 Å². The lowest BCUT2D eigenvalue weighted by molar-refractivity contribution is 0.260. The van der Waals surface area contributed by atoms with Gasteiger partial charge in [-0.15, -0.1) is 0 Å². The number of nitrogens with one attached hydrogen (secondary N) is 1. The van der Waals surface area contributed by atoms with Crippen molar-refractivity contribution in [3.8, 4) is 0 Å². The molecule has 0 aliphatic carbocycles. The number of hydrogen-bond donors (Lipinski definition) is 1. The average Bonchev–Trinajstić information content (AvgIpc) is 2.32. The van der Waals surface area contributed by atoms with Gasteiger partial charge in [0.25, 0.3) is 0 Å². The predicted molar refractivity (Wildman–Crippen MR) is 64.8 cm³/mol. The van der Waals surface area contributed by atoms with Gasteiger partial charge in [0.1, 0.15) is 0 Å². The van der Waals surface area contributed by atoms with Crippen LogP contribution in [0, 0.1) is 23.5 Å². The molecule has 94 valence electrons. The van der Waals surface area contributed by atoms with Gasteiger partial charge in [0.05, 0.1) is 0 Å². The van der Waals surface area contributed by atoms with E-state index in [1.54, 1.807) is 6.07 Å². The molecule has 0 aromatic heterocycles. The van der Waals surface area contributed by atoms with Crippen LogP contribution in [-0.4, -0.2) is 13.1 Å². The van der Waals surface area contributed by atoms with Crippen LogP contribution in [0.2, 0.25) is 0 Å². The number of halogens is 2. The van der Waals surface area contributed by atoms with Crippen LogP contribution in [0.5, 0.6) is 0 Å². The second-order valence-electron chi connectivity index (χ2n) is 5.02. The third-order valence-electron chi connectivity index (χ3n) is 3.78. The van der Waals surface area contributed by atoms with Crippen LogP contribution in [0.25, 0.3) is 0 Å². The molecule has 1 nitrogen and oxygen atoms in total. The van der Waals surface area contributed by atoms with Gasteiger partial charge in [-0.2, -0.15) is 0 Å². The Kier molecular flexibility index (Phi) is 4.11. The van der Waals surface area contributed by atoms with Crippen molar-refractivity contribution in [1.29, 1.82) is 0 Å². The average molecular weight is 239 g/mol. The minimum absolute atomic E-state index is 0.650. The second-order valence-corrected chi connectivity index (χ2v) is 5.02. The zero-order valence-corrected chi connectivity index (χ0v) is 10.2. The van der Waals surface area contributed by atoms with E-state index in [1.807, 2.05) is 0 Å². The monoisotopic (exact) mass is 239 g/mol. The van der Waals surface area contributed by atoms with Crippen molar-refractivity contribution in [3.05, 3.63) is 35.4 Å². The SMILES string of the molecule is CC1CCNCC1CCc1ccc(F)c(F)c1. The van der Waals surface area contributed by atoms with Crippen LogP contribution in [0.3, 0.4) is 0 Å². The van der Waals surface area contributed by atoms with E-state index in [0.29, 0.717) is 5.92 Å². The maximum Gasteiger partial charge on any atom is 0.159 e. The van der Waals surface area contributed by atoms with E-state index >= 15 is 0 Å². The molecule has 1 aliphatic rings. The number of benzene rings is 1. The first-order chi connectivity index (χ1) is 8.16. The third kappa shape index (κ3) is 3.25. The summed E-state index contributed by atoms with van der Waals surface area (Å²) in [5.41, 5.74) is 0.890. The van der Waals surface area contributed by atoms with Gasteiger partial charge in [-0.1, -0.05) is 13.0 Å². The molecule has 0 saturated carbocycles. The van der Waals surface area contributed by atoms with Crippen molar-refractivity contribution < 1.29 is 8.78 Å². The first-order valence-corrected chi connectivity index (χ1v) is 6.31. The molecule has 1 saturated heterocycles. The van der Waals surface area contributed by atoms with Gasteiger partial charge in [0.2, 0.25) is 0 Å². The van der Waals surface area contributed by atoms with Crippen molar-refractivity contribution in [2.75, 3.05) is 13.1 Å². The molecular formula is C14H19F2N. The summed E-state index contributed by atoms with van der Waals surface area (Å²) in [6.07, 6.45) is 3.08. The second kappa shape index (κ2) is 5.58. The number of rotatable bonds is 3. The Balaban J connectivity index is 1.90. The highest BCUT2D eigenvalue weighted by molar-refractivity contribution is 5.17. The highest BCUT2D eigenvalue weighted by Gasteiger charge is 2.20. The van der Waals surface area contributed by atoms with Gasteiger partial charge in [-0.05, 0) is 61.9 Å². The fourth-order valence-electron chi connectivity index (χ4n) is 2.49. The molecule has 0 spiro atoms. The highest BCUT2D eigenvalue weighted by Crippen LogP contribution is 2.23. The smallest absolute Gasteiger partial charge is 0.159 e. The van der Waals surface area contributed by atoms with Crippen LogP contribution in [0.4, 0.5) is 8.78 Å². The standard InChI is InChI=1S/C14H19F2N/c1-10-6-7-17-9-12(10)4-2-11-3-5-13(15)14(16)8-11/h3,5,8,10,12,17H,2,4,6-7,9H2,1H3. The Morgan fingerprint density at radius 2 is 2.12 bits per heavy atom. The number of piperidine rings is 1. The summed E-state index contributed by atoms with van der Waals surface area (Å²) < 4.78 is 25.8. The first-order valence-electron chi connectivity index (χ1n) is 6.31. The van der Waals surface area contributed by atoms with Crippen molar-refractivity contribution in [3.63, 3.8) is 0 Å². The Morgan fingerprint density at radius 1 is 1.29 bits per heavy atom. The van der Waals surface area contributed by atoms with E-state index in [4.69, 9.17) is 0 Å². The summed E-state index contributed by atoms with van der Waals surface area (Å²) in [5.74, 6) is -0.128. The Hall–Kier alpha value is -0.960. The van der Waals surface area contributed by atoms with Crippen LogP contribution in [-0.2, 0) is 6.42 Å². The zero-order chi connectivity index (χ0) is 12.3. The molecule has 3 heteroatoms. The molecule has 17 heavy (non-hydrogen) atoms. The molecule has 1 aromatic carbocycles. The molecule has 1 aliphatic heterocycles. The maximum absolute atomic E-state index is 13.0. The molecule has 1 heterocycles. The summed E-state index contributed by atoms with van der Waals surface area (Å²) in [4.78, 5) is 0. The van der Waals surface area contributed by atoms with Gasteiger partial charge in [-0.25, -0.2) is 8.78 Å². The minimum Gasteiger partial charge on any atom is -0.316 e. The first kappa shape index (κ1) is 12.5. The molecule has 2 rings (SSSR count). The van der Waals surface area contributed by atoms with E-state index in [1.165, 1.54) is 18.6 Å². The van der Waals surface area contributed by atoms with E-state index in [-0.39, 0.29) is 0 Å². The Bertz CT molecular complexity index is 378. The third-order valence-corrected chi connectivity index (χ3v) is 3.78. The lowest BCUT2D eigenvalue weighted by Crippen LogP contribution is -2.35. The fraction of sp³-hybridized carbons (Fsp3) is 0.571. The van der Waals surface area contributed by atoms with Crippen molar-refractivity contribution in [2.24, 2.45) is 11.8 Å². The summed E-state index contributed by atoms with van der Waals surface area (Å²) in [6.45, 7) is 4.42. The molecule has 2 unspecified atom stereocenters. The minimum atomic E-state index is -0.763. The van der Waals surface area contributed by atoms with Gasteiger partial charge >= 0.3 is 0 Å². The Morgan fingerprint density at radius 3 is 2.82 bits per heavy atom. The lowest BCUT2D eigenvalue weighted by Gasteiger charge is -2.29. The van der Waals surface area contributed by atoms with Crippen LogP contribution in [0.1, 0.15) is 25.3 Å². The van der Waals surface area contributed by atoms with Gasteiger partial charge in [0.15, 0.2) is 11.6 Å². The summed E-state index contributed by atoms with van der Waals surface area (Å²) >= 11 is 0. The predicted octanol–water partition coefficient (Wildman–Crippen LogP) is 3.14. The van der Waals surface area contributed by atoms with E-state index in [9.17, 15) is 8.78 Å². The molecule has 0 bridgehead atoms. The van der Waals surface area contributed by atoms with Gasteiger partial charge in [-0.3, -0.25) is 0 Å². The van der Waals surface area contributed by atoms with E-state index < -0.39 is 11.6 Å². The number of aryl methyl sites for hydroxylation is 1. The van der Waals surface area contributed by atoms with Crippen LogP contribution < -0.4 is 5.32 Å². The largest absolute Gasteiger partial charge is 0.316 e. The molecular weight excluding hydrogens is 220 g/mol. The molecule has 1 N–H and O–H groups in total. The van der Waals surface area contributed by atoms with Crippen molar-refractivity contribution in [1.82, 2.24) is 5.32 Å². The maximum atomic E-state index is 13.0. The summed E-state index contributed by atoms with van der Waals surface area (Å²) in [5, 5.41) is 3.39. The molecule has 0 radical (unpaired) electrons. The molecule has 1 aromatic rings. The van der Waals surface area contributed by atoms with Gasteiger partial charge < -0.3 is 5.32 Å². The fourth-order valence-corrected chi connectivity index (χ4v) is 2.49. The van der Waals surface area contributed by atoms with Crippen molar-refractivity contribution >= 4 is 0 Å². The molecule has 1 fully saturated rings. The summed E-state index contributed by atoms with van der Waals surface area (Å²) in [6, 6.07) is 4.21. The molecule has 2 atom stereocenters. The lowest BCUT2D eigenvalue weighted by atomic mass is 9.84. The normalized spacial score (nSPS) is 24.9. The van der Waals surface area contributed by atoms with E-state index in [0.717, 1.165) is 37.4 Å². The van der Waals surface area contributed by atoms with Gasteiger partial charge in [0, 0.05) is 0 Å². The number of hydrogen-bond acceptors (Lipinski definition) is 1. The highest BCUT2D eigenvalue weighted by atomic mass is 19.2. The summed E-state index contributed by atoms with van der Waals surface area (Å²) in [7, 11) is 0. The van der Waals surface area contributed by atoms with Crippen molar-refractivity contribution in [2.45, 2.75) is 26.2 Å². The van der Waals surface area contributed by atoms with Crippen LogP contribution >= 0.6 is 0 Å². The van der Waals surface area contributed by atoms with E-state index in [2.05, 4.69) is 12.2 Å².